The van der Waals surface area contributed by atoms with Crippen LogP contribution in [0.1, 0.15) is 58.3 Å². The summed E-state index contributed by atoms with van der Waals surface area (Å²) in [5.41, 5.74) is 1.21. The van der Waals surface area contributed by atoms with Crippen LogP contribution in [0.5, 0.6) is 11.5 Å². The number of halogens is 3. The summed E-state index contributed by atoms with van der Waals surface area (Å²) < 4.78 is 15.7. The Morgan fingerprint density at radius 2 is 1.91 bits per heavy atom. The van der Waals surface area contributed by atoms with Gasteiger partial charge in [0.15, 0.2) is 11.5 Å². The summed E-state index contributed by atoms with van der Waals surface area (Å²) in [5.74, 6) is 1.88. The van der Waals surface area contributed by atoms with Crippen molar-refractivity contribution < 1.29 is 9.47 Å². The fourth-order valence-electron chi connectivity index (χ4n) is 3.29. The molecule has 6 nitrogen and oxygen atoms in total. The van der Waals surface area contributed by atoms with E-state index < -0.39 is 0 Å². The average molecular weight is 658 g/mol. The van der Waals surface area contributed by atoms with Crippen molar-refractivity contribution in [1.29, 1.82) is 0 Å². The Kier molecular flexibility index (Phi) is 9.74. The van der Waals surface area contributed by atoms with Gasteiger partial charge in [0.25, 0.3) is 5.56 Å². The molecule has 0 fully saturated rings. The lowest BCUT2D eigenvalue weighted by atomic mass is 10.2. The van der Waals surface area contributed by atoms with E-state index in [1.54, 1.807) is 12.3 Å². The number of rotatable bonds is 10. The smallest absolute Gasteiger partial charge is 0.282 e. The molecule has 0 aliphatic rings. The van der Waals surface area contributed by atoms with E-state index >= 15 is 0 Å². The van der Waals surface area contributed by atoms with E-state index in [-0.39, 0.29) is 11.7 Å². The van der Waals surface area contributed by atoms with Crippen LogP contribution < -0.4 is 15.0 Å². The van der Waals surface area contributed by atoms with E-state index in [2.05, 4.69) is 66.7 Å². The largest absolute Gasteiger partial charge is 0.490 e. The molecular weight excluding hydrogens is 630 g/mol. The second-order valence-corrected chi connectivity index (χ2v) is 10.3. The number of nitrogens with zero attached hydrogens (tertiary/aromatic N) is 3. The zero-order valence-electron chi connectivity index (χ0n) is 19.7. The van der Waals surface area contributed by atoms with Crippen LogP contribution in [0.15, 0.2) is 47.6 Å². The van der Waals surface area contributed by atoms with Crippen LogP contribution in [-0.4, -0.2) is 28.6 Å². The van der Waals surface area contributed by atoms with Gasteiger partial charge in [0.05, 0.1) is 34.3 Å². The van der Waals surface area contributed by atoms with Crippen molar-refractivity contribution in [3.63, 3.8) is 0 Å². The molecule has 0 saturated heterocycles. The van der Waals surface area contributed by atoms with Gasteiger partial charge < -0.3 is 9.47 Å². The molecule has 0 N–H and O–H groups in total. The molecule has 3 aromatic rings. The molecule has 0 unspecified atom stereocenters. The van der Waals surface area contributed by atoms with E-state index in [1.807, 2.05) is 32.0 Å². The summed E-state index contributed by atoms with van der Waals surface area (Å²) in [4.78, 5) is 18.1. The van der Waals surface area contributed by atoms with Crippen molar-refractivity contribution in [2.75, 3.05) is 6.61 Å². The van der Waals surface area contributed by atoms with Gasteiger partial charge in [0.2, 0.25) is 0 Å². The molecule has 0 aliphatic heterocycles. The van der Waals surface area contributed by atoms with Crippen LogP contribution in [-0.2, 0) is 6.42 Å². The van der Waals surface area contributed by atoms with Gasteiger partial charge in [-0.2, -0.15) is 9.78 Å². The highest BCUT2D eigenvalue weighted by atomic mass is 79.9. The predicted octanol–water partition coefficient (Wildman–Crippen LogP) is 7.48. The van der Waals surface area contributed by atoms with Crippen molar-refractivity contribution in [2.45, 2.75) is 59.5 Å². The summed E-state index contributed by atoms with van der Waals surface area (Å²) in [5, 5.41) is 5.09. The van der Waals surface area contributed by atoms with Gasteiger partial charge in [-0.1, -0.05) is 36.2 Å². The third kappa shape index (κ3) is 6.10. The third-order valence-electron chi connectivity index (χ3n) is 5.29. The molecule has 9 heteroatoms. The van der Waals surface area contributed by atoms with Gasteiger partial charge >= 0.3 is 0 Å². The number of unbranched alkanes of at least 4 members (excludes halogenated alkanes) is 1. The normalized spacial score (nSPS) is 12.4. The summed E-state index contributed by atoms with van der Waals surface area (Å²) in [6.45, 7) is 8.61. The van der Waals surface area contributed by atoms with Gasteiger partial charge in [-0.05, 0) is 82.8 Å². The molecule has 3 rings (SSSR count). The molecule has 1 aromatic heterocycles. The average Bonchev–Trinajstić information content (AvgIpc) is 2.82. The molecular formula is C25H28Br3N3O3. The minimum Gasteiger partial charge on any atom is -0.490 e. The Hall–Kier alpha value is -1.71. The van der Waals surface area contributed by atoms with E-state index in [4.69, 9.17) is 14.5 Å². The zero-order valence-corrected chi connectivity index (χ0v) is 24.5. The number of fused-ring (bicyclic) bond motifs is 1. The molecule has 0 radical (unpaired) electrons. The number of hydrogen-bond donors (Lipinski definition) is 0. The fourth-order valence-corrected chi connectivity index (χ4v) is 4.56. The first-order valence-corrected chi connectivity index (χ1v) is 13.7. The second-order valence-electron chi connectivity index (χ2n) is 7.85. The zero-order chi connectivity index (χ0) is 24.8. The highest BCUT2D eigenvalue weighted by Crippen LogP contribution is 2.43. The van der Waals surface area contributed by atoms with Crippen molar-refractivity contribution in [3.05, 3.63) is 59.4 Å². The number of aromatic nitrogens is 2. The first-order chi connectivity index (χ1) is 16.3. The van der Waals surface area contributed by atoms with Crippen LogP contribution in [0.4, 0.5) is 0 Å². The molecule has 0 saturated carbocycles. The molecule has 2 aromatic carbocycles. The van der Waals surface area contributed by atoms with Crippen LogP contribution in [0.2, 0.25) is 0 Å². The van der Waals surface area contributed by atoms with E-state index in [9.17, 15) is 4.79 Å². The molecule has 0 amide bonds. The van der Waals surface area contributed by atoms with Crippen molar-refractivity contribution in [1.82, 2.24) is 9.66 Å². The topological polar surface area (TPSA) is 65.7 Å². The highest BCUT2D eigenvalue weighted by Gasteiger charge is 2.19. The second kappa shape index (κ2) is 12.3. The molecule has 0 aliphatic carbocycles. The first-order valence-electron chi connectivity index (χ1n) is 11.4. The number of ether oxygens (including phenoxy) is 2. The molecule has 0 spiro atoms. The maximum absolute atomic E-state index is 13.3. The number of aryl methyl sites for hydroxylation is 1. The quantitative estimate of drug-likeness (QED) is 0.212. The minimum absolute atomic E-state index is 0.0321. The number of hydrogen-bond acceptors (Lipinski definition) is 5. The SMILES string of the molecule is CCCCc1nc2ccc(Br)cc2c(=O)n1N=Cc1cc(OCC)c(O[C@@H](C)CC)c(Br)c1Br. The Morgan fingerprint density at radius 1 is 1.15 bits per heavy atom. The lowest BCUT2D eigenvalue weighted by molar-refractivity contribution is 0.201. The maximum Gasteiger partial charge on any atom is 0.282 e. The summed E-state index contributed by atoms with van der Waals surface area (Å²) >= 11 is 10.7. The van der Waals surface area contributed by atoms with Crippen molar-refractivity contribution in [2.24, 2.45) is 5.10 Å². The van der Waals surface area contributed by atoms with Gasteiger partial charge in [-0.25, -0.2) is 4.98 Å². The Bertz CT molecular complexity index is 1260. The number of benzene rings is 2. The Balaban J connectivity index is 2.13. The maximum atomic E-state index is 13.3. The van der Waals surface area contributed by atoms with Crippen LogP contribution >= 0.6 is 47.8 Å². The summed E-state index contributed by atoms with van der Waals surface area (Å²) in [7, 11) is 0. The predicted molar refractivity (Wildman–Crippen MR) is 149 cm³/mol. The Labute approximate surface area is 225 Å². The molecule has 0 bridgehead atoms. The van der Waals surface area contributed by atoms with Crippen LogP contribution in [0, 0.1) is 0 Å². The molecule has 1 atom stereocenters. The molecule has 182 valence electrons. The molecule has 34 heavy (non-hydrogen) atoms. The van der Waals surface area contributed by atoms with Gasteiger partial charge in [0.1, 0.15) is 5.82 Å². The van der Waals surface area contributed by atoms with Crippen molar-refractivity contribution in [3.8, 4) is 11.5 Å². The first kappa shape index (κ1) is 26.9. The van der Waals surface area contributed by atoms with E-state index in [0.29, 0.717) is 41.3 Å². The van der Waals surface area contributed by atoms with Gasteiger partial charge in [-0.3, -0.25) is 4.79 Å². The third-order valence-corrected chi connectivity index (χ3v) is 7.93. The Morgan fingerprint density at radius 3 is 2.59 bits per heavy atom. The standard InChI is InChI=1S/C25H28Br3N3O3/c1-5-8-9-21-30-19-11-10-17(26)13-18(19)25(32)31(21)29-14-16-12-20(33-7-3)24(23(28)22(16)27)34-15(4)6-2/h10-15H,5-9H2,1-4H3/t15-/m0/s1. The fraction of sp³-hybridized carbons (Fsp3) is 0.400. The lowest BCUT2D eigenvalue weighted by Crippen LogP contribution is -2.22. The summed E-state index contributed by atoms with van der Waals surface area (Å²) in [6, 6.07) is 7.38. The van der Waals surface area contributed by atoms with Gasteiger partial charge in [-0.15, -0.1) is 0 Å². The molecule has 1 heterocycles. The summed E-state index contributed by atoms with van der Waals surface area (Å²) in [6.07, 6.45) is 5.11. The highest BCUT2D eigenvalue weighted by molar-refractivity contribution is 9.13. The van der Waals surface area contributed by atoms with Crippen LogP contribution in [0.3, 0.4) is 0 Å². The lowest BCUT2D eigenvalue weighted by Gasteiger charge is -2.19. The van der Waals surface area contributed by atoms with Gasteiger partial charge in [0, 0.05) is 20.9 Å². The van der Waals surface area contributed by atoms with Crippen molar-refractivity contribution >= 4 is 64.9 Å². The minimum atomic E-state index is -0.203. The van der Waals surface area contributed by atoms with E-state index in [0.717, 1.165) is 38.2 Å². The van der Waals surface area contributed by atoms with E-state index in [1.165, 1.54) is 4.68 Å². The van der Waals surface area contributed by atoms with Crippen LogP contribution in [0.25, 0.3) is 10.9 Å². The monoisotopic (exact) mass is 655 g/mol.